The van der Waals surface area contributed by atoms with Gasteiger partial charge in [-0.3, -0.25) is 0 Å². The Hall–Kier alpha value is -0.739. The maximum absolute atomic E-state index is 13.1. The van der Waals surface area contributed by atoms with Crippen molar-refractivity contribution in [2.75, 3.05) is 6.61 Å². The molecular weight excluding hydrogens is 404 g/mol. The van der Waals surface area contributed by atoms with Crippen molar-refractivity contribution in [3.63, 3.8) is 0 Å². The van der Waals surface area contributed by atoms with Gasteiger partial charge in [0.2, 0.25) is 25.0 Å². The number of rotatable bonds is 11. The van der Waals surface area contributed by atoms with Gasteiger partial charge in [-0.25, -0.2) is 4.79 Å². The van der Waals surface area contributed by atoms with Crippen molar-refractivity contribution in [2.45, 2.75) is 99.0 Å². The average Bonchev–Trinajstić information content (AvgIpc) is 2.56. The molecule has 0 aliphatic carbocycles. The normalized spacial score (nSPS) is 13.0. The van der Waals surface area contributed by atoms with E-state index in [0.717, 1.165) is 18.1 Å². The highest BCUT2D eigenvalue weighted by Gasteiger charge is 2.37. The summed E-state index contributed by atoms with van der Waals surface area (Å²) in [4.78, 5) is 13.1. The summed E-state index contributed by atoms with van der Waals surface area (Å²) >= 11 is 0. The van der Waals surface area contributed by atoms with Gasteiger partial charge in [0.15, 0.2) is 0 Å². The Kier molecular flexibility index (Phi) is 10.1. The van der Waals surface area contributed by atoms with Crippen LogP contribution in [0.5, 0.6) is 0 Å². The Bertz CT molecular complexity index is 529. The molecule has 0 spiro atoms. The second-order valence-corrected chi connectivity index (χ2v) is 23.7. The summed E-state index contributed by atoms with van der Waals surface area (Å²) in [6, 6.07) is 2.69. The van der Waals surface area contributed by atoms with Gasteiger partial charge in [-0.15, -0.1) is 0 Å². The summed E-state index contributed by atoms with van der Waals surface area (Å²) in [5, 5.41) is 0. The minimum absolute atomic E-state index is 0.130. The number of carbonyl (C=O) groups excluding carboxylic acids is 1. The molecule has 8 heteroatoms. The van der Waals surface area contributed by atoms with E-state index in [1.54, 1.807) is 0 Å². The van der Waals surface area contributed by atoms with E-state index in [-0.39, 0.29) is 17.1 Å². The van der Waals surface area contributed by atoms with E-state index in [4.69, 9.17) is 18.0 Å². The highest BCUT2D eigenvalue weighted by atomic mass is 28.4. The minimum atomic E-state index is -2.10. The summed E-state index contributed by atoms with van der Waals surface area (Å²) in [6.45, 7) is 25.4. The second kappa shape index (κ2) is 10.3. The number of hydrogen-bond donors (Lipinski definition) is 0. The maximum atomic E-state index is 13.1. The molecule has 0 bridgehead atoms. The number of esters is 1. The molecule has 0 fully saturated rings. The summed E-state index contributed by atoms with van der Waals surface area (Å²) in [5.41, 5.74) is -0.130. The lowest BCUT2D eigenvalue weighted by molar-refractivity contribution is -0.145. The van der Waals surface area contributed by atoms with Gasteiger partial charge in [0.05, 0.1) is 6.61 Å². The fraction of sp³-hybridized carbons (Fsp3) is 0.850. The van der Waals surface area contributed by atoms with Crippen LogP contribution in [0, 0.1) is 5.41 Å². The standard InChI is InChI=1S/C20H44O5Si3/c1-13-26(7,8)23-17(18(21)22-16-20(4,5)6)19(24-27(9,10)14-2)25-28(11,12)15-3/h13-16H2,1-12H3. The van der Waals surface area contributed by atoms with Gasteiger partial charge < -0.3 is 18.0 Å². The zero-order valence-corrected chi connectivity index (χ0v) is 23.4. The second-order valence-electron chi connectivity index (χ2n) is 10.4. The molecule has 0 rings (SSSR count). The molecule has 0 atom stereocenters. The van der Waals surface area contributed by atoms with Gasteiger partial charge in [0, 0.05) is 0 Å². The highest BCUT2D eigenvalue weighted by Crippen LogP contribution is 2.28. The van der Waals surface area contributed by atoms with E-state index < -0.39 is 30.9 Å². The van der Waals surface area contributed by atoms with Gasteiger partial charge in [-0.2, -0.15) is 0 Å². The predicted octanol–water partition coefficient (Wildman–Crippen LogP) is 6.47. The fourth-order valence-corrected chi connectivity index (χ4v) is 4.13. The minimum Gasteiger partial charge on any atom is -0.534 e. The maximum Gasteiger partial charge on any atom is 0.379 e. The third-order valence-electron chi connectivity index (χ3n) is 4.68. The fourth-order valence-electron chi connectivity index (χ4n) is 1.62. The molecule has 0 radical (unpaired) electrons. The first-order valence-electron chi connectivity index (χ1n) is 10.5. The lowest BCUT2D eigenvalue weighted by Crippen LogP contribution is -2.39. The molecule has 0 saturated carbocycles. The first kappa shape index (κ1) is 27.3. The van der Waals surface area contributed by atoms with E-state index in [0.29, 0.717) is 6.61 Å². The van der Waals surface area contributed by atoms with Gasteiger partial charge in [-0.05, 0) is 62.8 Å². The van der Waals surface area contributed by atoms with Crippen molar-refractivity contribution in [2.24, 2.45) is 5.41 Å². The molecule has 0 aromatic rings. The van der Waals surface area contributed by atoms with Crippen LogP contribution < -0.4 is 0 Å². The van der Waals surface area contributed by atoms with Crippen molar-refractivity contribution >= 4 is 30.9 Å². The van der Waals surface area contributed by atoms with E-state index in [1.807, 2.05) is 20.8 Å². The van der Waals surface area contributed by atoms with E-state index in [1.165, 1.54) is 0 Å². The van der Waals surface area contributed by atoms with Crippen LogP contribution >= 0.6 is 0 Å². The first-order chi connectivity index (χ1) is 12.5. The molecular formula is C20H44O5Si3. The smallest absolute Gasteiger partial charge is 0.379 e. The predicted molar refractivity (Wildman–Crippen MR) is 125 cm³/mol. The summed E-state index contributed by atoms with van der Waals surface area (Å²) in [6.07, 6.45) is 0. The highest BCUT2D eigenvalue weighted by molar-refractivity contribution is 6.73. The van der Waals surface area contributed by atoms with Crippen LogP contribution in [0.4, 0.5) is 0 Å². The van der Waals surface area contributed by atoms with Crippen LogP contribution in [-0.2, 0) is 22.8 Å². The lowest BCUT2D eigenvalue weighted by Gasteiger charge is -2.33. The molecule has 0 aromatic carbocycles. The van der Waals surface area contributed by atoms with E-state index >= 15 is 0 Å². The molecule has 0 heterocycles. The van der Waals surface area contributed by atoms with Crippen LogP contribution in [0.3, 0.4) is 0 Å². The summed E-state index contributed by atoms with van der Waals surface area (Å²) in [5.74, 6) is -0.100. The Morgan fingerprint density at radius 1 is 0.714 bits per heavy atom. The molecule has 0 saturated heterocycles. The molecule has 166 valence electrons. The van der Waals surface area contributed by atoms with Gasteiger partial charge in [0.1, 0.15) is 0 Å². The van der Waals surface area contributed by atoms with Crippen LogP contribution in [0.25, 0.3) is 0 Å². The van der Waals surface area contributed by atoms with Crippen molar-refractivity contribution in [3.8, 4) is 0 Å². The number of hydrogen-bond acceptors (Lipinski definition) is 5. The number of ether oxygens (including phenoxy) is 1. The van der Waals surface area contributed by atoms with Crippen molar-refractivity contribution in [1.29, 1.82) is 0 Å². The van der Waals surface area contributed by atoms with Crippen LogP contribution in [0.15, 0.2) is 11.7 Å². The molecule has 0 aliphatic heterocycles. The lowest BCUT2D eigenvalue weighted by atomic mass is 9.99. The van der Waals surface area contributed by atoms with Crippen molar-refractivity contribution in [3.05, 3.63) is 11.7 Å². The van der Waals surface area contributed by atoms with Crippen LogP contribution in [0.2, 0.25) is 57.4 Å². The molecule has 28 heavy (non-hydrogen) atoms. The monoisotopic (exact) mass is 448 g/mol. The topological polar surface area (TPSA) is 54.0 Å². The Morgan fingerprint density at radius 3 is 1.39 bits per heavy atom. The Labute approximate surface area is 176 Å². The van der Waals surface area contributed by atoms with Crippen LogP contribution in [0.1, 0.15) is 41.5 Å². The van der Waals surface area contributed by atoms with Gasteiger partial charge >= 0.3 is 11.9 Å². The van der Waals surface area contributed by atoms with Crippen molar-refractivity contribution < 1.29 is 22.8 Å². The third-order valence-corrected chi connectivity index (χ3v) is 12.0. The molecule has 0 aromatic heterocycles. The number of carbonyl (C=O) groups is 1. The molecule has 0 amide bonds. The van der Waals surface area contributed by atoms with Gasteiger partial charge in [0.25, 0.3) is 5.76 Å². The van der Waals surface area contributed by atoms with Gasteiger partial charge in [-0.1, -0.05) is 41.5 Å². The molecule has 5 nitrogen and oxygen atoms in total. The quantitative estimate of drug-likeness (QED) is 0.157. The molecule has 0 N–H and O–H groups in total. The largest absolute Gasteiger partial charge is 0.534 e. The van der Waals surface area contributed by atoms with Crippen LogP contribution in [-0.4, -0.2) is 37.5 Å². The van der Waals surface area contributed by atoms with Crippen molar-refractivity contribution in [1.82, 2.24) is 0 Å². The molecule has 0 aliphatic rings. The van der Waals surface area contributed by atoms with E-state index in [2.05, 4.69) is 60.1 Å². The SMILES string of the molecule is CC[Si](C)(C)OC(O[Si](C)(C)CC)=C(O[Si](C)(C)CC)C(=O)OCC(C)(C)C. The zero-order chi connectivity index (χ0) is 22.4. The zero-order valence-electron chi connectivity index (χ0n) is 20.4. The third kappa shape index (κ3) is 10.7. The summed E-state index contributed by atoms with van der Waals surface area (Å²) < 4.78 is 24.6. The Balaban J connectivity index is 6.22. The first-order valence-corrected chi connectivity index (χ1v) is 19.8. The molecule has 0 unspecified atom stereocenters. The Morgan fingerprint density at radius 2 is 1.07 bits per heavy atom. The summed E-state index contributed by atoms with van der Waals surface area (Å²) in [7, 11) is -6.18. The van der Waals surface area contributed by atoms with E-state index in [9.17, 15) is 4.79 Å². The average molecular weight is 449 g/mol.